The molecule has 10 heteroatoms. The van der Waals surface area contributed by atoms with Crippen LogP contribution < -0.4 is 4.90 Å². The number of imidazole rings is 1. The molecule has 2 aliphatic rings. The van der Waals surface area contributed by atoms with Gasteiger partial charge in [0.2, 0.25) is 5.95 Å². The number of rotatable bonds is 3. The molecule has 8 nitrogen and oxygen atoms in total. The molecule has 1 aromatic carbocycles. The van der Waals surface area contributed by atoms with E-state index in [1.165, 1.54) is 18.3 Å². The second kappa shape index (κ2) is 6.91. The van der Waals surface area contributed by atoms with Gasteiger partial charge in [-0.25, -0.2) is 18.7 Å². The summed E-state index contributed by atoms with van der Waals surface area (Å²) in [6.45, 7) is 3.00. The summed E-state index contributed by atoms with van der Waals surface area (Å²) in [5.41, 5.74) is 0.580. The van der Waals surface area contributed by atoms with Crippen LogP contribution in [-0.2, 0) is 5.54 Å². The molecular formula is C22H20F2N8. The molecule has 5 heterocycles. The van der Waals surface area contributed by atoms with E-state index in [0.29, 0.717) is 5.95 Å². The van der Waals surface area contributed by atoms with Crippen LogP contribution in [0.5, 0.6) is 0 Å². The van der Waals surface area contributed by atoms with Gasteiger partial charge >= 0.3 is 0 Å². The summed E-state index contributed by atoms with van der Waals surface area (Å²) < 4.78 is 31.9. The molecule has 0 amide bonds. The standard InChI is InChI=1S/C22H20F2N8/c1-2-22-8-3-4-10-32(22)19-16(31-13-27-29-20(22)31)12-26-21(28-19)30-11-9-25-18(30)14-6-5-7-15(23)17(14)24/h5-7,9,11-13H,2-4,8,10H2,1H3. The number of hydrogen-bond donors (Lipinski definition) is 0. The molecule has 4 aromatic rings. The van der Waals surface area contributed by atoms with Crippen LogP contribution in [0.25, 0.3) is 23.0 Å². The van der Waals surface area contributed by atoms with Crippen molar-refractivity contribution in [1.29, 1.82) is 0 Å². The van der Waals surface area contributed by atoms with Crippen molar-refractivity contribution < 1.29 is 8.78 Å². The summed E-state index contributed by atoms with van der Waals surface area (Å²) in [4.78, 5) is 16.0. The zero-order valence-electron chi connectivity index (χ0n) is 17.4. The number of nitrogens with zero attached hydrogens (tertiary/aromatic N) is 8. The molecule has 0 aliphatic carbocycles. The largest absolute Gasteiger partial charge is 0.342 e. The van der Waals surface area contributed by atoms with Crippen molar-refractivity contribution in [2.45, 2.75) is 38.1 Å². The Hall–Kier alpha value is -3.69. The van der Waals surface area contributed by atoms with Gasteiger partial charge in [0.05, 0.1) is 11.8 Å². The number of halogens is 2. The van der Waals surface area contributed by atoms with Gasteiger partial charge in [0.1, 0.15) is 23.4 Å². The Morgan fingerprint density at radius 3 is 2.91 bits per heavy atom. The molecule has 3 aromatic heterocycles. The van der Waals surface area contributed by atoms with Crippen LogP contribution in [-0.4, -0.2) is 40.8 Å². The molecule has 2 aliphatic heterocycles. The lowest BCUT2D eigenvalue weighted by atomic mass is 9.82. The Labute approximate surface area is 182 Å². The first-order valence-electron chi connectivity index (χ1n) is 10.7. The molecule has 6 rings (SSSR count). The molecule has 1 saturated heterocycles. The summed E-state index contributed by atoms with van der Waals surface area (Å²) in [6.07, 6.45) is 10.6. The highest BCUT2D eigenvalue weighted by Gasteiger charge is 2.48. The van der Waals surface area contributed by atoms with E-state index in [1.54, 1.807) is 23.3 Å². The first-order valence-corrected chi connectivity index (χ1v) is 10.7. The minimum atomic E-state index is -0.951. The van der Waals surface area contributed by atoms with Gasteiger partial charge in [-0.15, -0.1) is 10.2 Å². The van der Waals surface area contributed by atoms with Crippen LogP contribution in [0, 0.1) is 11.6 Å². The molecule has 0 N–H and O–H groups in total. The minimum absolute atomic E-state index is 0.0540. The summed E-state index contributed by atoms with van der Waals surface area (Å²) in [7, 11) is 0. The van der Waals surface area contributed by atoms with E-state index in [-0.39, 0.29) is 16.9 Å². The highest BCUT2D eigenvalue weighted by atomic mass is 19.2. The van der Waals surface area contributed by atoms with Gasteiger partial charge in [-0.05, 0) is 37.8 Å². The normalized spacial score (nSPS) is 19.4. The van der Waals surface area contributed by atoms with Gasteiger partial charge in [0.15, 0.2) is 23.3 Å². The van der Waals surface area contributed by atoms with Crippen LogP contribution in [0.4, 0.5) is 14.6 Å². The second-order valence-corrected chi connectivity index (χ2v) is 8.12. The predicted molar refractivity (Wildman–Crippen MR) is 113 cm³/mol. The van der Waals surface area contributed by atoms with Crippen LogP contribution in [0.3, 0.4) is 0 Å². The lowest BCUT2D eigenvalue weighted by Crippen LogP contribution is -2.53. The summed E-state index contributed by atoms with van der Waals surface area (Å²) >= 11 is 0. The molecule has 32 heavy (non-hydrogen) atoms. The average Bonchev–Trinajstić information content (AvgIpc) is 3.51. The highest BCUT2D eigenvalue weighted by Crippen LogP contribution is 2.47. The van der Waals surface area contributed by atoms with E-state index in [4.69, 9.17) is 4.98 Å². The van der Waals surface area contributed by atoms with Gasteiger partial charge in [-0.3, -0.25) is 9.13 Å². The molecular weight excluding hydrogens is 414 g/mol. The van der Waals surface area contributed by atoms with Crippen molar-refractivity contribution in [2.24, 2.45) is 0 Å². The Bertz CT molecular complexity index is 1330. The van der Waals surface area contributed by atoms with Crippen molar-refractivity contribution in [3.8, 4) is 23.0 Å². The van der Waals surface area contributed by atoms with E-state index in [1.807, 2.05) is 4.57 Å². The lowest BCUT2D eigenvalue weighted by molar-refractivity contribution is 0.274. The third-order valence-electron chi connectivity index (χ3n) is 6.59. The van der Waals surface area contributed by atoms with Crippen molar-refractivity contribution >= 4 is 5.82 Å². The number of piperidine rings is 1. The fourth-order valence-corrected chi connectivity index (χ4v) is 5.01. The number of fused-ring (bicyclic) bond motifs is 6. The maximum absolute atomic E-state index is 14.5. The monoisotopic (exact) mass is 434 g/mol. The van der Waals surface area contributed by atoms with E-state index < -0.39 is 11.6 Å². The van der Waals surface area contributed by atoms with E-state index in [2.05, 4.69) is 32.0 Å². The number of anilines is 1. The lowest BCUT2D eigenvalue weighted by Gasteiger charge is -2.49. The molecule has 162 valence electrons. The predicted octanol–water partition coefficient (Wildman–Crippen LogP) is 3.80. The van der Waals surface area contributed by atoms with Gasteiger partial charge in [0, 0.05) is 18.9 Å². The Morgan fingerprint density at radius 1 is 1.12 bits per heavy atom. The highest BCUT2D eigenvalue weighted by molar-refractivity contribution is 5.65. The molecule has 0 saturated carbocycles. The Balaban J connectivity index is 1.53. The van der Waals surface area contributed by atoms with Crippen molar-refractivity contribution in [2.75, 3.05) is 11.4 Å². The molecule has 0 spiro atoms. The fourth-order valence-electron chi connectivity index (χ4n) is 5.01. The maximum atomic E-state index is 14.5. The maximum Gasteiger partial charge on any atom is 0.237 e. The first-order chi connectivity index (χ1) is 15.6. The van der Waals surface area contributed by atoms with Gasteiger partial charge < -0.3 is 4.90 Å². The van der Waals surface area contributed by atoms with Crippen LogP contribution in [0.15, 0.2) is 43.1 Å². The van der Waals surface area contributed by atoms with Gasteiger partial charge in [-0.1, -0.05) is 13.0 Å². The van der Waals surface area contributed by atoms with Crippen molar-refractivity contribution in [1.82, 2.24) is 34.3 Å². The van der Waals surface area contributed by atoms with Crippen molar-refractivity contribution in [3.05, 3.63) is 60.6 Å². The van der Waals surface area contributed by atoms with E-state index >= 15 is 0 Å². The number of benzene rings is 1. The SMILES string of the molecule is CCC12CCCCN1c1nc(-n3ccnc3-c3cccc(F)c3F)ncc1-n1cnnc12. The second-order valence-electron chi connectivity index (χ2n) is 8.12. The molecule has 1 fully saturated rings. The topological polar surface area (TPSA) is 77.5 Å². The quantitative estimate of drug-likeness (QED) is 0.488. The number of hydrogen-bond acceptors (Lipinski definition) is 6. The zero-order valence-corrected chi connectivity index (χ0v) is 17.4. The number of aromatic nitrogens is 7. The summed E-state index contributed by atoms with van der Waals surface area (Å²) in [5.74, 6) is 0.393. The van der Waals surface area contributed by atoms with Gasteiger partial charge in [-0.2, -0.15) is 4.98 Å². The van der Waals surface area contributed by atoms with Crippen molar-refractivity contribution in [3.63, 3.8) is 0 Å². The third-order valence-corrected chi connectivity index (χ3v) is 6.59. The van der Waals surface area contributed by atoms with Gasteiger partial charge in [0.25, 0.3) is 0 Å². The Kier molecular flexibility index (Phi) is 4.11. The smallest absolute Gasteiger partial charge is 0.237 e. The Morgan fingerprint density at radius 2 is 2.03 bits per heavy atom. The fraction of sp³-hybridized carbons (Fsp3) is 0.318. The van der Waals surface area contributed by atoms with Crippen LogP contribution >= 0.6 is 0 Å². The first kappa shape index (κ1) is 19.0. The van der Waals surface area contributed by atoms with E-state index in [9.17, 15) is 8.78 Å². The molecule has 1 unspecified atom stereocenters. The molecule has 1 atom stereocenters. The van der Waals surface area contributed by atoms with Crippen LogP contribution in [0.2, 0.25) is 0 Å². The van der Waals surface area contributed by atoms with E-state index in [0.717, 1.165) is 55.6 Å². The zero-order chi connectivity index (χ0) is 21.9. The minimum Gasteiger partial charge on any atom is -0.342 e. The average molecular weight is 434 g/mol. The summed E-state index contributed by atoms with van der Waals surface area (Å²) in [5, 5.41) is 8.62. The summed E-state index contributed by atoms with van der Waals surface area (Å²) in [6, 6.07) is 4.03. The third kappa shape index (κ3) is 2.49. The molecule has 0 radical (unpaired) electrons. The van der Waals surface area contributed by atoms with Crippen LogP contribution in [0.1, 0.15) is 38.4 Å². The molecule has 0 bridgehead atoms.